The Morgan fingerprint density at radius 2 is 1.94 bits per heavy atom. The molecular weight excluding hydrogens is 219 g/mol. The van der Waals surface area contributed by atoms with Gasteiger partial charge in [-0.1, -0.05) is 6.07 Å². The van der Waals surface area contributed by atoms with E-state index in [-0.39, 0.29) is 16.3 Å². The van der Waals surface area contributed by atoms with Crippen molar-refractivity contribution in [2.75, 3.05) is 0 Å². The van der Waals surface area contributed by atoms with Crippen molar-refractivity contribution >= 4 is 10.9 Å². The van der Waals surface area contributed by atoms with Crippen LogP contribution >= 0.6 is 0 Å². The van der Waals surface area contributed by atoms with Crippen LogP contribution in [-0.4, -0.2) is 4.98 Å². The van der Waals surface area contributed by atoms with Gasteiger partial charge in [0.05, 0.1) is 11.1 Å². The first-order valence-corrected chi connectivity index (χ1v) is 4.59. The summed E-state index contributed by atoms with van der Waals surface area (Å²) in [5.74, 6) is 0. The summed E-state index contributed by atoms with van der Waals surface area (Å²) in [6.45, 7) is 1.55. The second-order valence-electron chi connectivity index (χ2n) is 3.53. The van der Waals surface area contributed by atoms with E-state index in [1.807, 2.05) is 0 Å². The van der Waals surface area contributed by atoms with Crippen LogP contribution in [0.25, 0.3) is 10.9 Å². The third-order valence-electron chi connectivity index (χ3n) is 2.41. The molecule has 16 heavy (non-hydrogen) atoms. The topological polar surface area (TPSA) is 32.9 Å². The molecule has 0 saturated carbocycles. The Kier molecular flexibility index (Phi) is 2.26. The zero-order valence-corrected chi connectivity index (χ0v) is 8.35. The number of nitrogens with one attached hydrogen (secondary N) is 1. The van der Waals surface area contributed by atoms with Crippen molar-refractivity contribution in [2.45, 2.75) is 13.1 Å². The monoisotopic (exact) mass is 227 g/mol. The number of aryl methyl sites for hydroxylation is 1. The van der Waals surface area contributed by atoms with Crippen LogP contribution in [-0.2, 0) is 6.18 Å². The van der Waals surface area contributed by atoms with E-state index in [4.69, 9.17) is 0 Å². The number of halogens is 3. The molecule has 2 nitrogen and oxygen atoms in total. The number of benzene rings is 1. The van der Waals surface area contributed by atoms with Crippen LogP contribution in [0.3, 0.4) is 0 Å². The Bertz CT molecular complexity index is 598. The van der Waals surface area contributed by atoms with E-state index in [9.17, 15) is 18.0 Å². The summed E-state index contributed by atoms with van der Waals surface area (Å²) in [7, 11) is 0. The van der Waals surface area contributed by atoms with Gasteiger partial charge in [0.1, 0.15) is 0 Å². The molecule has 0 atom stereocenters. The quantitative estimate of drug-likeness (QED) is 0.737. The molecule has 1 aromatic carbocycles. The molecular formula is C11H8F3NO. The molecule has 2 aromatic rings. The molecule has 0 fully saturated rings. The molecule has 0 aliphatic heterocycles. The van der Waals surface area contributed by atoms with Gasteiger partial charge in [0.25, 0.3) is 0 Å². The summed E-state index contributed by atoms with van der Waals surface area (Å²) < 4.78 is 37.9. The van der Waals surface area contributed by atoms with Crippen molar-refractivity contribution in [1.29, 1.82) is 0 Å². The molecule has 0 amide bonds. The number of aromatic amines is 1. The number of pyridine rings is 1. The summed E-state index contributed by atoms with van der Waals surface area (Å²) in [6.07, 6.45) is -3.17. The van der Waals surface area contributed by atoms with Crippen LogP contribution < -0.4 is 5.43 Å². The second-order valence-corrected chi connectivity index (χ2v) is 3.53. The molecule has 2 rings (SSSR count). The van der Waals surface area contributed by atoms with Crippen LogP contribution in [0.15, 0.2) is 29.2 Å². The Morgan fingerprint density at radius 1 is 1.25 bits per heavy atom. The fraction of sp³-hybridized carbons (Fsp3) is 0.182. The number of aromatic nitrogens is 1. The number of fused-ring (bicyclic) bond motifs is 1. The average Bonchev–Trinajstić information content (AvgIpc) is 2.21. The first-order chi connectivity index (χ1) is 7.41. The van der Waals surface area contributed by atoms with Crippen molar-refractivity contribution in [3.05, 3.63) is 45.7 Å². The van der Waals surface area contributed by atoms with Crippen molar-refractivity contribution in [2.24, 2.45) is 0 Å². The van der Waals surface area contributed by atoms with Crippen LogP contribution in [0, 0.1) is 6.92 Å². The number of alkyl halides is 3. The third kappa shape index (κ3) is 1.58. The molecule has 84 valence electrons. The lowest BCUT2D eigenvalue weighted by molar-refractivity contribution is -0.136. The molecule has 1 heterocycles. The van der Waals surface area contributed by atoms with E-state index in [0.29, 0.717) is 5.56 Å². The normalized spacial score (nSPS) is 12.0. The lowest BCUT2D eigenvalue weighted by atomic mass is 10.1. The lowest BCUT2D eigenvalue weighted by Gasteiger charge is -2.09. The predicted molar refractivity (Wildman–Crippen MR) is 54.3 cm³/mol. The van der Waals surface area contributed by atoms with Crippen LogP contribution in [0.1, 0.15) is 11.1 Å². The molecule has 0 unspecified atom stereocenters. The number of H-pyrrole nitrogens is 1. The van der Waals surface area contributed by atoms with Gasteiger partial charge in [-0.05, 0) is 19.1 Å². The van der Waals surface area contributed by atoms with Gasteiger partial charge < -0.3 is 4.98 Å². The zero-order valence-electron chi connectivity index (χ0n) is 8.35. The van der Waals surface area contributed by atoms with Crippen LogP contribution in [0.2, 0.25) is 0 Å². The molecule has 0 aliphatic carbocycles. The Labute approximate surface area is 88.7 Å². The fourth-order valence-electron chi connectivity index (χ4n) is 1.59. The van der Waals surface area contributed by atoms with Gasteiger partial charge in [-0.15, -0.1) is 0 Å². The maximum absolute atomic E-state index is 12.6. The number of rotatable bonds is 0. The zero-order chi connectivity index (χ0) is 11.9. The van der Waals surface area contributed by atoms with Gasteiger partial charge >= 0.3 is 6.18 Å². The fourth-order valence-corrected chi connectivity index (χ4v) is 1.59. The van der Waals surface area contributed by atoms with E-state index in [2.05, 4.69) is 4.98 Å². The predicted octanol–water partition coefficient (Wildman–Crippen LogP) is 2.86. The molecule has 1 aromatic heterocycles. The molecule has 0 spiro atoms. The second kappa shape index (κ2) is 3.37. The Balaban J connectivity index is 2.91. The van der Waals surface area contributed by atoms with Gasteiger partial charge in [0, 0.05) is 17.1 Å². The minimum atomic E-state index is -4.46. The summed E-state index contributed by atoms with van der Waals surface area (Å²) in [4.78, 5) is 14.1. The van der Waals surface area contributed by atoms with Crippen LogP contribution in [0.4, 0.5) is 13.2 Å². The Hall–Kier alpha value is -1.78. The van der Waals surface area contributed by atoms with Gasteiger partial charge in [-0.3, -0.25) is 4.79 Å². The maximum atomic E-state index is 12.6. The smallest absolute Gasteiger partial charge is 0.360 e. The average molecular weight is 227 g/mol. The molecule has 0 bridgehead atoms. The summed E-state index contributed by atoms with van der Waals surface area (Å²) in [5, 5.41) is 0.0647. The maximum Gasteiger partial charge on any atom is 0.418 e. The van der Waals surface area contributed by atoms with Crippen molar-refractivity contribution in [3.63, 3.8) is 0 Å². The SMILES string of the molecule is Cc1c[nH]c2c(C(F)(F)F)cccc2c1=O. The first kappa shape index (κ1) is 10.7. The van der Waals surface area contributed by atoms with E-state index in [0.717, 1.165) is 6.07 Å². The van der Waals surface area contributed by atoms with Crippen molar-refractivity contribution < 1.29 is 13.2 Å². The highest BCUT2D eigenvalue weighted by atomic mass is 19.4. The van der Waals surface area contributed by atoms with Crippen molar-refractivity contribution in [3.8, 4) is 0 Å². The molecule has 0 radical (unpaired) electrons. The highest BCUT2D eigenvalue weighted by molar-refractivity contribution is 5.82. The lowest BCUT2D eigenvalue weighted by Crippen LogP contribution is -2.11. The molecule has 0 aliphatic rings. The van der Waals surface area contributed by atoms with E-state index in [1.165, 1.54) is 18.3 Å². The van der Waals surface area contributed by atoms with Crippen LogP contribution in [0.5, 0.6) is 0 Å². The minimum absolute atomic E-state index is 0.0647. The minimum Gasteiger partial charge on any atom is -0.360 e. The highest BCUT2D eigenvalue weighted by Gasteiger charge is 2.33. The van der Waals surface area contributed by atoms with E-state index >= 15 is 0 Å². The summed E-state index contributed by atoms with van der Waals surface area (Å²) >= 11 is 0. The van der Waals surface area contributed by atoms with E-state index < -0.39 is 11.7 Å². The van der Waals surface area contributed by atoms with E-state index in [1.54, 1.807) is 6.92 Å². The van der Waals surface area contributed by atoms with Gasteiger partial charge in [-0.25, -0.2) is 0 Å². The highest BCUT2D eigenvalue weighted by Crippen LogP contribution is 2.32. The molecule has 1 N–H and O–H groups in total. The summed E-state index contributed by atoms with van der Waals surface area (Å²) in [6, 6.07) is 3.57. The standard InChI is InChI=1S/C11H8F3NO/c1-6-5-15-9-7(10(6)16)3-2-4-8(9)11(12,13)14/h2-5H,1H3,(H,15,16). The van der Waals surface area contributed by atoms with Gasteiger partial charge in [0.2, 0.25) is 0 Å². The molecule has 5 heteroatoms. The Morgan fingerprint density at radius 3 is 2.56 bits per heavy atom. The first-order valence-electron chi connectivity index (χ1n) is 4.59. The van der Waals surface area contributed by atoms with Crippen molar-refractivity contribution in [1.82, 2.24) is 4.98 Å². The summed E-state index contributed by atoms with van der Waals surface area (Å²) in [5.41, 5.74) is -0.959. The van der Waals surface area contributed by atoms with Gasteiger partial charge in [0.15, 0.2) is 5.43 Å². The number of hydrogen-bond acceptors (Lipinski definition) is 1. The number of hydrogen-bond donors (Lipinski definition) is 1. The largest absolute Gasteiger partial charge is 0.418 e. The number of para-hydroxylation sites is 1. The third-order valence-corrected chi connectivity index (χ3v) is 2.41. The van der Waals surface area contributed by atoms with Gasteiger partial charge in [-0.2, -0.15) is 13.2 Å². The molecule has 0 saturated heterocycles.